The van der Waals surface area contributed by atoms with Crippen molar-refractivity contribution in [3.05, 3.63) is 65.5 Å². The number of nitriles is 1. The molecule has 0 N–H and O–H groups in total. The number of carbonyl (C=O) groups is 1. The molecular weight excluding hydrogens is 295 g/mol. The average molecular weight is 312 g/mol. The van der Waals surface area contributed by atoms with E-state index < -0.39 is 6.10 Å². The van der Waals surface area contributed by atoms with Crippen molar-refractivity contribution in [3.63, 3.8) is 0 Å². The number of benzene rings is 2. The van der Waals surface area contributed by atoms with E-state index in [-0.39, 0.29) is 11.7 Å². The zero-order chi connectivity index (χ0) is 16.8. The number of likely N-dealkylation sites (N-methyl/N-ethyl adjacent to an activating group) is 1. The molecule has 5 heteroatoms. The van der Waals surface area contributed by atoms with Gasteiger partial charge in [-0.1, -0.05) is 18.2 Å². The SMILES string of the molecule is CC(Oc1cccc(C#N)c1)C(=O)N(C)Cc1cccc(F)c1. The third kappa shape index (κ3) is 4.55. The quantitative estimate of drug-likeness (QED) is 0.852. The Morgan fingerprint density at radius 2 is 2.04 bits per heavy atom. The van der Waals surface area contributed by atoms with E-state index in [1.807, 2.05) is 6.07 Å². The molecule has 0 fully saturated rings. The van der Waals surface area contributed by atoms with Crippen molar-refractivity contribution in [2.24, 2.45) is 0 Å². The maximum atomic E-state index is 13.2. The maximum Gasteiger partial charge on any atom is 0.263 e. The predicted octanol–water partition coefficient (Wildman–Crippen LogP) is 3.12. The second-order valence-corrected chi connectivity index (χ2v) is 5.22. The van der Waals surface area contributed by atoms with Gasteiger partial charge in [-0.25, -0.2) is 4.39 Å². The van der Waals surface area contributed by atoms with Crippen LogP contribution >= 0.6 is 0 Å². The van der Waals surface area contributed by atoms with Crippen LogP contribution < -0.4 is 4.74 Å². The lowest BCUT2D eigenvalue weighted by atomic mass is 10.2. The van der Waals surface area contributed by atoms with Crippen LogP contribution in [0.2, 0.25) is 0 Å². The third-order valence-electron chi connectivity index (χ3n) is 3.31. The Morgan fingerprint density at radius 3 is 2.74 bits per heavy atom. The molecule has 2 rings (SSSR count). The highest BCUT2D eigenvalue weighted by Gasteiger charge is 2.19. The molecule has 0 heterocycles. The molecule has 0 spiro atoms. The molecule has 0 aliphatic heterocycles. The lowest BCUT2D eigenvalue weighted by molar-refractivity contribution is -0.137. The van der Waals surface area contributed by atoms with Gasteiger partial charge in [0, 0.05) is 13.6 Å². The first kappa shape index (κ1) is 16.5. The molecule has 2 aromatic carbocycles. The molecule has 0 bridgehead atoms. The summed E-state index contributed by atoms with van der Waals surface area (Å²) in [7, 11) is 1.64. The summed E-state index contributed by atoms with van der Waals surface area (Å²) in [6.07, 6.45) is -0.706. The fraction of sp³-hybridized carbons (Fsp3) is 0.222. The van der Waals surface area contributed by atoms with Crippen LogP contribution in [0, 0.1) is 17.1 Å². The van der Waals surface area contributed by atoms with E-state index in [1.54, 1.807) is 50.4 Å². The topological polar surface area (TPSA) is 53.3 Å². The number of ether oxygens (including phenoxy) is 1. The molecule has 1 atom stereocenters. The summed E-state index contributed by atoms with van der Waals surface area (Å²) in [5.41, 5.74) is 1.18. The van der Waals surface area contributed by atoms with Crippen LogP contribution in [0.3, 0.4) is 0 Å². The summed E-state index contributed by atoms with van der Waals surface area (Å²) < 4.78 is 18.8. The van der Waals surface area contributed by atoms with E-state index in [1.165, 1.54) is 17.0 Å². The predicted molar refractivity (Wildman–Crippen MR) is 84.1 cm³/mol. The number of carbonyl (C=O) groups excluding carboxylic acids is 1. The third-order valence-corrected chi connectivity index (χ3v) is 3.31. The monoisotopic (exact) mass is 312 g/mol. The van der Waals surface area contributed by atoms with Crippen molar-refractivity contribution >= 4 is 5.91 Å². The molecular formula is C18H17FN2O2. The number of halogens is 1. The second-order valence-electron chi connectivity index (χ2n) is 5.22. The minimum Gasteiger partial charge on any atom is -0.481 e. The lowest BCUT2D eigenvalue weighted by Crippen LogP contribution is -2.37. The zero-order valence-corrected chi connectivity index (χ0v) is 13.0. The first-order valence-electron chi connectivity index (χ1n) is 7.16. The van der Waals surface area contributed by atoms with E-state index >= 15 is 0 Å². The fourth-order valence-corrected chi connectivity index (χ4v) is 2.19. The summed E-state index contributed by atoms with van der Waals surface area (Å²) in [4.78, 5) is 13.8. The summed E-state index contributed by atoms with van der Waals surface area (Å²) in [5, 5.41) is 8.87. The molecule has 23 heavy (non-hydrogen) atoms. The van der Waals surface area contributed by atoms with E-state index in [4.69, 9.17) is 10.00 Å². The molecule has 2 aromatic rings. The number of hydrogen-bond donors (Lipinski definition) is 0. The van der Waals surface area contributed by atoms with Gasteiger partial charge >= 0.3 is 0 Å². The van der Waals surface area contributed by atoms with Crippen LogP contribution in [0.5, 0.6) is 5.75 Å². The van der Waals surface area contributed by atoms with Gasteiger partial charge in [0.25, 0.3) is 5.91 Å². The number of rotatable bonds is 5. The molecule has 0 saturated heterocycles. The Labute approximate surface area is 134 Å². The Hall–Kier alpha value is -2.87. The van der Waals surface area contributed by atoms with Crippen molar-refractivity contribution in [1.82, 2.24) is 4.90 Å². The van der Waals surface area contributed by atoms with Gasteiger partial charge in [0.15, 0.2) is 6.10 Å². The van der Waals surface area contributed by atoms with Gasteiger partial charge in [0.1, 0.15) is 11.6 Å². The Morgan fingerprint density at radius 1 is 1.30 bits per heavy atom. The molecule has 0 aliphatic rings. The molecule has 0 aromatic heterocycles. The normalized spacial score (nSPS) is 11.4. The first-order valence-corrected chi connectivity index (χ1v) is 7.16. The summed E-state index contributed by atoms with van der Waals surface area (Å²) in [6.45, 7) is 1.94. The van der Waals surface area contributed by atoms with Gasteiger partial charge in [-0.15, -0.1) is 0 Å². The van der Waals surface area contributed by atoms with Gasteiger partial charge in [-0.3, -0.25) is 4.79 Å². The van der Waals surface area contributed by atoms with Crippen molar-refractivity contribution in [2.75, 3.05) is 7.05 Å². The van der Waals surface area contributed by atoms with Crippen molar-refractivity contribution in [2.45, 2.75) is 19.6 Å². The highest BCUT2D eigenvalue weighted by molar-refractivity contribution is 5.80. The largest absolute Gasteiger partial charge is 0.481 e. The number of hydrogen-bond acceptors (Lipinski definition) is 3. The molecule has 0 radical (unpaired) electrons. The van der Waals surface area contributed by atoms with E-state index in [0.29, 0.717) is 23.4 Å². The Balaban J connectivity index is 1.99. The smallest absolute Gasteiger partial charge is 0.263 e. The van der Waals surface area contributed by atoms with E-state index in [2.05, 4.69) is 0 Å². The Kier molecular flexibility index (Phi) is 5.32. The average Bonchev–Trinajstić information content (AvgIpc) is 2.54. The van der Waals surface area contributed by atoms with Crippen LogP contribution in [0.15, 0.2) is 48.5 Å². The van der Waals surface area contributed by atoms with Gasteiger partial charge < -0.3 is 9.64 Å². The number of nitrogens with zero attached hydrogens (tertiary/aromatic N) is 2. The number of amides is 1. The summed E-state index contributed by atoms with van der Waals surface area (Å²) in [6, 6.07) is 14.8. The van der Waals surface area contributed by atoms with Crippen molar-refractivity contribution in [1.29, 1.82) is 5.26 Å². The van der Waals surface area contributed by atoms with Crippen LogP contribution in [0.25, 0.3) is 0 Å². The minimum absolute atomic E-state index is 0.225. The fourth-order valence-electron chi connectivity index (χ4n) is 2.19. The van der Waals surface area contributed by atoms with Gasteiger partial charge in [0.2, 0.25) is 0 Å². The van der Waals surface area contributed by atoms with E-state index in [0.717, 1.165) is 0 Å². The molecule has 4 nitrogen and oxygen atoms in total. The second kappa shape index (κ2) is 7.41. The van der Waals surface area contributed by atoms with Gasteiger partial charge in [-0.2, -0.15) is 5.26 Å². The van der Waals surface area contributed by atoms with Crippen LogP contribution in [0.4, 0.5) is 4.39 Å². The van der Waals surface area contributed by atoms with Crippen LogP contribution in [-0.2, 0) is 11.3 Å². The summed E-state index contributed by atoms with van der Waals surface area (Å²) in [5.74, 6) is -0.0957. The lowest BCUT2D eigenvalue weighted by Gasteiger charge is -2.22. The van der Waals surface area contributed by atoms with Crippen LogP contribution in [-0.4, -0.2) is 24.0 Å². The molecule has 0 aliphatic carbocycles. The molecule has 0 saturated carbocycles. The summed E-state index contributed by atoms with van der Waals surface area (Å²) >= 11 is 0. The highest BCUT2D eigenvalue weighted by atomic mass is 19.1. The standard InChI is InChI=1S/C18H17FN2O2/c1-13(23-17-8-4-5-14(10-17)11-20)18(22)21(2)12-15-6-3-7-16(19)9-15/h3-10,13H,12H2,1-2H3. The van der Waals surface area contributed by atoms with Gasteiger partial charge in [-0.05, 0) is 42.8 Å². The van der Waals surface area contributed by atoms with Gasteiger partial charge in [0.05, 0.1) is 11.6 Å². The van der Waals surface area contributed by atoms with Crippen molar-refractivity contribution < 1.29 is 13.9 Å². The Bertz CT molecular complexity index is 740. The molecule has 118 valence electrons. The molecule has 1 unspecified atom stereocenters. The highest BCUT2D eigenvalue weighted by Crippen LogP contribution is 2.15. The van der Waals surface area contributed by atoms with Crippen molar-refractivity contribution in [3.8, 4) is 11.8 Å². The maximum absolute atomic E-state index is 13.2. The first-order chi connectivity index (χ1) is 11.0. The minimum atomic E-state index is -0.706. The molecule has 1 amide bonds. The van der Waals surface area contributed by atoms with Crippen LogP contribution in [0.1, 0.15) is 18.1 Å². The zero-order valence-electron chi connectivity index (χ0n) is 13.0. The van der Waals surface area contributed by atoms with E-state index in [9.17, 15) is 9.18 Å².